The Labute approximate surface area is 143 Å². The summed E-state index contributed by atoms with van der Waals surface area (Å²) in [4.78, 5) is 10.3. The lowest BCUT2D eigenvalue weighted by molar-refractivity contribution is -0.386. The van der Waals surface area contributed by atoms with Gasteiger partial charge in [-0.1, -0.05) is 35.2 Å². The van der Waals surface area contributed by atoms with Crippen molar-refractivity contribution in [3.8, 4) is 5.75 Å². The van der Waals surface area contributed by atoms with Crippen LogP contribution in [0.25, 0.3) is 0 Å². The summed E-state index contributed by atoms with van der Waals surface area (Å²) in [5.74, 6) is -0.392. The quantitative estimate of drug-likeness (QED) is 0.534. The number of nitro benzene ring substituents is 1. The summed E-state index contributed by atoms with van der Waals surface area (Å²) in [6, 6.07) is 1.90. The molecule has 0 aliphatic heterocycles. The smallest absolute Gasteiger partial charge is 0.312 e. The van der Waals surface area contributed by atoms with Crippen molar-refractivity contribution < 1.29 is 15.1 Å². The van der Waals surface area contributed by atoms with Gasteiger partial charge < -0.3 is 15.9 Å². The predicted octanol–water partition coefficient (Wildman–Crippen LogP) is 3.43. The zero-order valence-corrected chi connectivity index (χ0v) is 14.3. The van der Waals surface area contributed by atoms with Gasteiger partial charge in [0.2, 0.25) is 0 Å². The van der Waals surface area contributed by atoms with E-state index in [4.69, 9.17) is 5.73 Å². The van der Waals surface area contributed by atoms with Crippen molar-refractivity contribution in [2.24, 2.45) is 11.7 Å². The Kier molecular flexibility index (Phi) is 7.05. The minimum absolute atomic E-state index is 0. The van der Waals surface area contributed by atoms with Crippen molar-refractivity contribution in [3.05, 3.63) is 32.3 Å². The fourth-order valence-electron chi connectivity index (χ4n) is 2.95. The molecule has 22 heavy (non-hydrogen) atoms. The normalized spacial score (nSPS) is 18.3. The number of halogens is 2. The molecule has 4 N–H and O–H groups in total. The third kappa shape index (κ3) is 4.10. The molecule has 0 unspecified atom stereocenters. The summed E-state index contributed by atoms with van der Waals surface area (Å²) >= 11 is 3.18. The number of aromatic hydroxyl groups is 1. The Bertz CT molecular complexity index is 538. The average Bonchev–Trinajstić information content (AvgIpc) is 2.48. The maximum absolute atomic E-state index is 10.9. The fraction of sp³-hybridized carbons (Fsp3) is 0.571. The Morgan fingerprint density at radius 2 is 1.91 bits per heavy atom. The van der Waals surface area contributed by atoms with E-state index in [0.29, 0.717) is 4.47 Å². The summed E-state index contributed by atoms with van der Waals surface area (Å²) in [5, 5.41) is 31.4. The van der Waals surface area contributed by atoms with Gasteiger partial charge in [-0.25, -0.2) is 0 Å². The molecular formula is C14H20BrClN2O4. The van der Waals surface area contributed by atoms with Gasteiger partial charge in [0.05, 0.1) is 17.1 Å². The van der Waals surface area contributed by atoms with Crippen LogP contribution in [0.3, 0.4) is 0 Å². The third-order valence-electron chi connectivity index (χ3n) is 4.14. The van der Waals surface area contributed by atoms with E-state index in [1.807, 2.05) is 0 Å². The highest BCUT2D eigenvalue weighted by molar-refractivity contribution is 9.10. The molecule has 2 rings (SSSR count). The van der Waals surface area contributed by atoms with E-state index in [2.05, 4.69) is 15.9 Å². The Balaban J connectivity index is 0.00000242. The van der Waals surface area contributed by atoms with Gasteiger partial charge in [0.1, 0.15) is 0 Å². The van der Waals surface area contributed by atoms with E-state index in [9.17, 15) is 20.3 Å². The highest BCUT2D eigenvalue weighted by Crippen LogP contribution is 2.39. The van der Waals surface area contributed by atoms with Crippen molar-refractivity contribution in [2.45, 2.75) is 44.2 Å². The van der Waals surface area contributed by atoms with Crippen LogP contribution in [0.1, 0.15) is 43.7 Å². The van der Waals surface area contributed by atoms with Gasteiger partial charge in [-0.2, -0.15) is 0 Å². The first-order valence-corrected chi connectivity index (χ1v) is 7.81. The molecule has 1 saturated carbocycles. The number of aliphatic hydroxyl groups excluding tert-OH is 1. The third-order valence-corrected chi connectivity index (χ3v) is 4.60. The van der Waals surface area contributed by atoms with Crippen LogP contribution in [0.15, 0.2) is 16.6 Å². The number of benzene rings is 1. The van der Waals surface area contributed by atoms with Crippen molar-refractivity contribution in [3.63, 3.8) is 0 Å². The number of phenols is 1. The monoisotopic (exact) mass is 394 g/mol. The minimum atomic E-state index is -0.843. The van der Waals surface area contributed by atoms with Crippen LogP contribution in [-0.4, -0.2) is 21.2 Å². The molecule has 124 valence electrons. The summed E-state index contributed by atoms with van der Waals surface area (Å²) < 4.78 is 0.452. The first-order chi connectivity index (χ1) is 9.91. The summed E-state index contributed by atoms with van der Waals surface area (Å²) in [6.07, 6.45) is 4.24. The molecule has 0 saturated heterocycles. The van der Waals surface area contributed by atoms with E-state index >= 15 is 0 Å². The van der Waals surface area contributed by atoms with Crippen molar-refractivity contribution in [2.75, 3.05) is 0 Å². The topological polar surface area (TPSA) is 110 Å². The van der Waals surface area contributed by atoms with Gasteiger partial charge in [0, 0.05) is 16.1 Å². The Morgan fingerprint density at radius 3 is 2.45 bits per heavy atom. The number of nitrogens with two attached hydrogens (primary N) is 1. The van der Waals surface area contributed by atoms with Crippen LogP contribution in [0.2, 0.25) is 0 Å². The lowest BCUT2D eigenvalue weighted by Gasteiger charge is -2.30. The molecule has 1 fully saturated rings. The molecule has 0 radical (unpaired) electrons. The van der Waals surface area contributed by atoms with Crippen LogP contribution < -0.4 is 5.73 Å². The van der Waals surface area contributed by atoms with Gasteiger partial charge in [-0.3, -0.25) is 10.1 Å². The molecule has 0 heterocycles. The first-order valence-electron chi connectivity index (χ1n) is 7.02. The number of phenolic OH excluding ortho intramolecular Hbond substituents is 1. The number of nitro groups is 1. The zero-order chi connectivity index (χ0) is 15.6. The Morgan fingerprint density at radius 1 is 1.32 bits per heavy atom. The van der Waals surface area contributed by atoms with Crippen molar-refractivity contribution in [1.29, 1.82) is 0 Å². The zero-order valence-electron chi connectivity index (χ0n) is 11.9. The molecule has 1 aliphatic carbocycles. The number of hydrogen-bond donors (Lipinski definition) is 3. The van der Waals surface area contributed by atoms with Gasteiger partial charge >= 0.3 is 5.69 Å². The molecule has 0 spiro atoms. The molecule has 0 aromatic heterocycles. The second kappa shape index (κ2) is 8.10. The summed E-state index contributed by atoms with van der Waals surface area (Å²) in [5.41, 5.74) is 5.85. The van der Waals surface area contributed by atoms with Crippen LogP contribution in [0.4, 0.5) is 5.69 Å². The highest BCUT2D eigenvalue weighted by Gasteiger charge is 2.31. The molecule has 1 aromatic rings. The molecule has 6 nitrogen and oxygen atoms in total. The fourth-order valence-corrected chi connectivity index (χ4v) is 3.42. The minimum Gasteiger partial charge on any atom is -0.502 e. The number of hydrogen-bond acceptors (Lipinski definition) is 5. The van der Waals surface area contributed by atoms with Gasteiger partial charge in [0.25, 0.3) is 0 Å². The largest absolute Gasteiger partial charge is 0.502 e. The van der Waals surface area contributed by atoms with E-state index in [0.717, 1.165) is 32.1 Å². The second-order valence-corrected chi connectivity index (χ2v) is 6.45. The van der Waals surface area contributed by atoms with Crippen LogP contribution in [0, 0.1) is 16.0 Å². The molecule has 8 heteroatoms. The Hall–Kier alpha value is -0.890. The van der Waals surface area contributed by atoms with Crippen molar-refractivity contribution in [1.82, 2.24) is 0 Å². The van der Waals surface area contributed by atoms with Crippen LogP contribution in [0.5, 0.6) is 5.75 Å². The number of nitrogens with zero attached hydrogens (tertiary/aromatic N) is 1. The van der Waals surface area contributed by atoms with Gasteiger partial charge in [-0.05, 0) is 24.8 Å². The SMILES string of the molecule is Cl.N[C@@H](c1cc(Br)cc([N+](=O)[O-])c1O)[C@H](O)C1CCCCC1. The summed E-state index contributed by atoms with van der Waals surface area (Å²) in [7, 11) is 0. The lowest BCUT2D eigenvalue weighted by Crippen LogP contribution is -2.34. The van der Waals surface area contributed by atoms with E-state index in [1.54, 1.807) is 0 Å². The molecule has 0 amide bonds. The van der Waals surface area contributed by atoms with E-state index < -0.39 is 28.5 Å². The molecule has 1 aromatic carbocycles. The second-order valence-electron chi connectivity index (χ2n) is 5.53. The number of rotatable bonds is 4. The highest BCUT2D eigenvalue weighted by atomic mass is 79.9. The molecule has 0 bridgehead atoms. The van der Waals surface area contributed by atoms with Gasteiger partial charge in [-0.15, -0.1) is 12.4 Å². The lowest BCUT2D eigenvalue weighted by atomic mass is 9.81. The molecular weight excluding hydrogens is 376 g/mol. The van der Waals surface area contributed by atoms with E-state index in [-0.39, 0.29) is 23.9 Å². The van der Waals surface area contributed by atoms with Crippen molar-refractivity contribution >= 4 is 34.0 Å². The summed E-state index contributed by atoms with van der Waals surface area (Å²) in [6.45, 7) is 0. The standard InChI is InChI=1S/C14H19BrN2O4.ClH/c15-9-6-10(14(19)11(7-9)17(20)21)12(16)13(18)8-4-2-1-3-5-8;/h6-8,12-13,18-19H,1-5,16H2;1H/t12-,13+;/m0./s1. The maximum Gasteiger partial charge on any atom is 0.312 e. The molecule has 2 atom stereocenters. The first kappa shape index (κ1) is 19.2. The molecule has 1 aliphatic rings. The average molecular weight is 396 g/mol. The predicted molar refractivity (Wildman–Crippen MR) is 89.2 cm³/mol. The van der Waals surface area contributed by atoms with Gasteiger partial charge in [0.15, 0.2) is 5.75 Å². The van der Waals surface area contributed by atoms with E-state index in [1.165, 1.54) is 12.1 Å². The maximum atomic E-state index is 10.9. The van der Waals surface area contributed by atoms with Crippen LogP contribution >= 0.6 is 28.3 Å². The number of aliphatic hydroxyl groups is 1. The van der Waals surface area contributed by atoms with Crippen LogP contribution in [-0.2, 0) is 0 Å².